The van der Waals surface area contributed by atoms with Crippen LogP contribution < -0.4 is 5.32 Å². The van der Waals surface area contributed by atoms with Gasteiger partial charge in [-0.1, -0.05) is 12.1 Å². The maximum Gasteiger partial charge on any atom is 0.309 e. The lowest BCUT2D eigenvalue weighted by atomic mass is 9.97. The van der Waals surface area contributed by atoms with Crippen molar-refractivity contribution in [1.82, 2.24) is 10.2 Å². The summed E-state index contributed by atoms with van der Waals surface area (Å²) < 4.78 is 18.5. The summed E-state index contributed by atoms with van der Waals surface area (Å²) in [6.07, 6.45) is 1.09. The second kappa shape index (κ2) is 8.42. The third-order valence-electron chi connectivity index (χ3n) is 3.99. The number of hydrogen-bond acceptors (Lipinski definition) is 4. The highest BCUT2D eigenvalue weighted by Crippen LogP contribution is 2.18. The first-order chi connectivity index (χ1) is 11.5. The number of hydrogen-bond donors (Lipinski definition) is 1. The van der Waals surface area contributed by atoms with E-state index in [0.29, 0.717) is 32.5 Å². The molecule has 0 bridgehead atoms. The van der Waals surface area contributed by atoms with Gasteiger partial charge in [0.2, 0.25) is 5.91 Å². The van der Waals surface area contributed by atoms with Crippen molar-refractivity contribution in [2.45, 2.75) is 19.8 Å². The molecule has 1 N–H and O–H groups in total. The monoisotopic (exact) mass is 336 g/mol. The van der Waals surface area contributed by atoms with Gasteiger partial charge in [0.1, 0.15) is 5.82 Å². The third kappa shape index (κ3) is 4.53. The highest BCUT2D eigenvalue weighted by molar-refractivity contribution is 5.96. The summed E-state index contributed by atoms with van der Waals surface area (Å²) in [4.78, 5) is 37.3. The van der Waals surface area contributed by atoms with Gasteiger partial charge in [0, 0.05) is 13.1 Å². The number of ether oxygens (including phenoxy) is 1. The largest absolute Gasteiger partial charge is 0.466 e. The minimum Gasteiger partial charge on any atom is -0.466 e. The van der Waals surface area contributed by atoms with E-state index in [1.807, 2.05) is 0 Å². The summed E-state index contributed by atoms with van der Waals surface area (Å²) in [6.45, 7) is 2.79. The van der Waals surface area contributed by atoms with Crippen LogP contribution in [0.15, 0.2) is 24.3 Å². The Balaban J connectivity index is 1.79. The molecule has 7 heteroatoms. The molecular formula is C17H21FN2O4. The van der Waals surface area contributed by atoms with Crippen LogP contribution in [-0.2, 0) is 14.3 Å². The minimum atomic E-state index is -0.627. The molecule has 0 spiro atoms. The number of esters is 1. The highest BCUT2D eigenvalue weighted by atomic mass is 19.1. The Morgan fingerprint density at radius 3 is 2.54 bits per heavy atom. The number of nitrogens with zero attached hydrogens (tertiary/aromatic N) is 1. The van der Waals surface area contributed by atoms with Gasteiger partial charge in [-0.2, -0.15) is 0 Å². The Bertz CT molecular complexity index is 612. The molecule has 1 aliphatic rings. The second-order valence-corrected chi connectivity index (χ2v) is 5.57. The van der Waals surface area contributed by atoms with Crippen LogP contribution in [-0.4, -0.2) is 48.9 Å². The van der Waals surface area contributed by atoms with E-state index in [2.05, 4.69) is 5.32 Å². The third-order valence-corrected chi connectivity index (χ3v) is 3.99. The summed E-state index contributed by atoms with van der Waals surface area (Å²) in [7, 11) is 0. The Morgan fingerprint density at radius 2 is 1.92 bits per heavy atom. The lowest BCUT2D eigenvalue weighted by Gasteiger charge is -2.30. The lowest BCUT2D eigenvalue weighted by molar-refractivity contribution is -0.151. The molecule has 0 atom stereocenters. The Kier molecular flexibility index (Phi) is 6.28. The summed E-state index contributed by atoms with van der Waals surface area (Å²) in [5.74, 6) is -1.90. The van der Waals surface area contributed by atoms with E-state index >= 15 is 0 Å². The van der Waals surface area contributed by atoms with Crippen LogP contribution in [0.25, 0.3) is 0 Å². The number of rotatable bonds is 5. The van der Waals surface area contributed by atoms with Crippen LogP contribution in [0.2, 0.25) is 0 Å². The van der Waals surface area contributed by atoms with Gasteiger partial charge in [-0.15, -0.1) is 0 Å². The van der Waals surface area contributed by atoms with Crippen molar-refractivity contribution in [3.63, 3.8) is 0 Å². The van der Waals surface area contributed by atoms with Gasteiger partial charge >= 0.3 is 5.97 Å². The van der Waals surface area contributed by atoms with Crippen LogP contribution >= 0.6 is 0 Å². The zero-order valence-corrected chi connectivity index (χ0v) is 13.6. The van der Waals surface area contributed by atoms with Gasteiger partial charge < -0.3 is 15.0 Å². The number of carbonyl (C=O) groups is 3. The lowest BCUT2D eigenvalue weighted by Crippen LogP contribution is -2.45. The maximum absolute atomic E-state index is 13.5. The number of nitrogens with one attached hydrogen (secondary N) is 1. The predicted molar refractivity (Wildman–Crippen MR) is 84.7 cm³/mol. The molecule has 0 radical (unpaired) electrons. The Labute approximate surface area is 140 Å². The normalized spacial score (nSPS) is 15.0. The summed E-state index contributed by atoms with van der Waals surface area (Å²) in [6, 6.07) is 5.60. The topological polar surface area (TPSA) is 75.7 Å². The van der Waals surface area contributed by atoms with E-state index < -0.39 is 11.7 Å². The molecule has 2 rings (SSSR count). The number of carbonyl (C=O) groups excluding carboxylic acids is 3. The number of benzene rings is 1. The van der Waals surface area contributed by atoms with Crippen molar-refractivity contribution in [1.29, 1.82) is 0 Å². The molecule has 1 aliphatic heterocycles. The number of amides is 2. The van der Waals surface area contributed by atoms with Crippen LogP contribution in [0.4, 0.5) is 4.39 Å². The van der Waals surface area contributed by atoms with E-state index in [9.17, 15) is 18.8 Å². The molecule has 6 nitrogen and oxygen atoms in total. The average molecular weight is 336 g/mol. The molecule has 0 unspecified atom stereocenters. The fourth-order valence-corrected chi connectivity index (χ4v) is 2.63. The van der Waals surface area contributed by atoms with Gasteiger partial charge in [-0.25, -0.2) is 4.39 Å². The smallest absolute Gasteiger partial charge is 0.309 e. The van der Waals surface area contributed by atoms with Gasteiger partial charge in [-0.3, -0.25) is 14.4 Å². The molecule has 2 amide bonds. The minimum absolute atomic E-state index is 0.0914. The molecule has 0 aliphatic carbocycles. The summed E-state index contributed by atoms with van der Waals surface area (Å²) in [5.41, 5.74) is -0.0914. The number of likely N-dealkylation sites (tertiary alicyclic amines) is 1. The zero-order valence-electron chi connectivity index (χ0n) is 13.6. The standard InChI is InChI=1S/C17H21FN2O4/c1-2-24-17(23)12-7-9-20(10-8-12)15(21)11-19-16(22)13-5-3-4-6-14(13)18/h3-6,12H,2,7-11H2,1H3,(H,19,22). The van der Waals surface area contributed by atoms with Crippen molar-refractivity contribution in [3.8, 4) is 0 Å². The van der Waals surface area contributed by atoms with E-state index in [-0.39, 0.29) is 29.9 Å². The SMILES string of the molecule is CCOC(=O)C1CCN(C(=O)CNC(=O)c2ccccc2F)CC1. The van der Waals surface area contributed by atoms with Gasteiger partial charge in [0.05, 0.1) is 24.6 Å². The van der Waals surface area contributed by atoms with Gasteiger partial charge in [-0.05, 0) is 31.9 Å². The van der Waals surface area contributed by atoms with Crippen molar-refractivity contribution < 1.29 is 23.5 Å². The zero-order chi connectivity index (χ0) is 17.5. The van der Waals surface area contributed by atoms with Gasteiger partial charge in [0.25, 0.3) is 5.91 Å². The predicted octanol–water partition coefficient (Wildman–Crippen LogP) is 1.36. The molecule has 1 heterocycles. The highest BCUT2D eigenvalue weighted by Gasteiger charge is 2.28. The summed E-state index contributed by atoms with van der Waals surface area (Å²) in [5, 5.41) is 2.43. The van der Waals surface area contributed by atoms with Crippen molar-refractivity contribution in [2.24, 2.45) is 5.92 Å². The van der Waals surface area contributed by atoms with Crippen LogP contribution in [0.3, 0.4) is 0 Å². The molecule has 0 aromatic heterocycles. The quantitative estimate of drug-likeness (QED) is 0.824. The molecule has 0 saturated carbocycles. The first-order valence-corrected chi connectivity index (χ1v) is 8.00. The fraction of sp³-hybridized carbons (Fsp3) is 0.471. The van der Waals surface area contributed by atoms with E-state index in [4.69, 9.17) is 4.74 Å². The first-order valence-electron chi connectivity index (χ1n) is 8.00. The Morgan fingerprint density at radius 1 is 1.25 bits per heavy atom. The van der Waals surface area contributed by atoms with E-state index in [1.54, 1.807) is 17.9 Å². The van der Waals surface area contributed by atoms with Crippen molar-refractivity contribution in [2.75, 3.05) is 26.2 Å². The molecular weight excluding hydrogens is 315 g/mol. The number of halogens is 1. The molecule has 130 valence electrons. The van der Waals surface area contributed by atoms with Gasteiger partial charge in [0.15, 0.2) is 0 Å². The second-order valence-electron chi connectivity index (χ2n) is 5.57. The average Bonchev–Trinajstić information content (AvgIpc) is 2.60. The molecule has 1 aromatic rings. The molecule has 1 fully saturated rings. The van der Waals surface area contributed by atoms with E-state index in [0.717, 1.165) is 0 Å². The van der Waals surface area contributed by atoms with Crippen molar-refractivity contribution >= 4 is 17.8 Å². The van der Waals surface area contributed by atoms with Crippen LogP contribution in [0, 0.1) is 11.7 Å². The number of piperidine rings is 1. The summed E-state index contributed by atoms with van der Waals surface area (Å²) >= 11 is 0. The first kappa shape index (κ1) is 17.9. The van der Waals surface area contributed by atoms with Crippen LogP contribution in [0.1, 0.15) is 30.1 Å². The Hall–Kier alpha value is -2.44. The van der Waals surface area contributed by atoms with E-state index in [1.165, 1.54) is 18.2 Å². The molecule has 24 heavy (non-hydrogen) atoms. The maximum atomic E-state index is 13.5. The fourth-order valence-electron chi connectivity index (χ4n) is 2.63. The molecule has 1 aromatic carbocycles. The van der Waals surface area contributed by atoms with Crippen LogP contribution in [0.5, 0.6) is 0 Å². The molecule has 1 saturated heterocycles. The van der Waals surface area contributed by atoms with Crippen molar-refractivity contribution in [3.05, 3.63) is 35.6 Å².